The molecule has 0 spiro atoms. The molecular formula is C21H25NO5S. The summed E-state index contributed by atoms with van der Waals surface area (Å²) in [5.41, 5.74) is 0.507. The zero-order valence-corrected chi connectivity index (χ0v) is 16.9. The number of nitrogens with zero attached hydrogens (tertiary/aromatic N) is 1. The van der Waals surface area contributed by atoms with Gasteiger partial charge in [0.25, 0.3) is 5.91 Å². The number of amides is 1. The number of hydrogen-bond acceptors (Lipinski definition) is 5. The first-order valence-corrected chi connectivity index (χ1v) is 11.4. The fourth-order valence-electron chi connectivity index (χ4n) is 3.85. The van der Waals surface area contributed by atoms with Crippen LogP contribution in [0.1, 0.15) is 47.6 Å². The van der Waals surface area contributed by atoms with E-state index in [2.05, 4.69) is 6.92 Å². The smallest absolute Gasteiger partial charge is 0.254 e. The molecule has 3 unspecified atom stereocenters. The van der Waals surface area contributed by atoms with Gasteiger partial charge in [-0.1, -0.05) is 6.92 Å². The van der Waals surface area contributed by atoms with Gasteiger partial charge < -0.3 is 14.1 Å². The van der Waals surface area contributed by atoms with Crippen molar-refractivity contribution in [1.29, 1.82) is 0 Å². The molecule has 3 atom stereocenters. The van der Waals surface area contributed by atoms with Gasteiger partial charge in [-0.15, -0.1) is 0 Å². The second-order valence-corrected chi connectivity index (χ2v) is 10.1. The van der Waals surface area contributed by atoms with Gasteiger partial charge in [-0.05, 0) is 55.2 Å². The van der Waals surface area contributed by atoms with Gasteiger partial charge in [0.2, 0.25) is 0 Å². The summed E-state index contributed by atoms with van der Waals surface area (Å²) in [6.45, 7) is 2.46. The lowest BCUT2D eigenvalue weighted by Gasteiger charge is -2.27. The van der Waals surface area contributed by atoms with Crippen molar-refractivity contribution >= 4 is 15.7 Å². The van der Waals surface area contributed by atoms with Gasteiger partial charge in [0, 0.05) is 17.5 Å². The third-order valence-electron chi connectivity index (χ3n) is 5.73. The van der Waals surface area contributed by atoms with Crippen molar-refractivity contribution in [3.8, 4) is 5.75 Å². The molecule has 2 fully saturated rings. The number of sulfone groups is 1. The molecule has 1 saturated carbocycles. The SMILES string of the molecule is COc1ccc(C(=O)N(Cc2ccc(C3CC3C)o2)C2CCS(=O)(=O)C2)cc1. The van der Waals surface area contributed by atoms with Crippen LogP contribution in [0.3, 0.4) is 0 Å². The Balaban J connectivity index is 1.57. The fourth-order valence-corrected chi connectivity index (χ4v) is 5.58. The molecule has 1 amide bonds. The maximum absolute atomic E-state index is 13.2. The van der Waals surface area contributed by atoms with E-state index in [-0.39, 0.29) is 30.0 Å². The van der Waals surface area contributed by atoms with Gasteiger partial charge >= 0.3 is 0 Å². The zero-order valence-electron chi connectivity index (χ0n) is 16.1. The second-order valence-electron chi connectivity index (χ2n) is 7.84. The largest absolute Gasteiger partial charge is 0.497 e. The molecule has 0 bridgehead atoms. The van der Waals surface area contributed by atoms with E-state index in [9.17, 15) is 13.2 Å². The van der Waals surface area contributed by atoms with Crippen LogP contribution in [0.25, 0.3) is 0 Å². The molecule has 1 aliphatic heterocycles. The first kappa shape index (κ1) is 19.1. The van der Waals surface area contributed by atoms with Crippen LogP contribution in [0.4, 0.5) is 0 Å². The van der Waals surface area contributed by atoms with E-state index in [1.165, 1.54) is 0 Å². The molecule has 1 aliphatic carbocycles. The molecule has 28 heavy (non-hydrogen) atoms. The average Bonchev–Trinajstić information content (AvgIpc) is 3.06. The van der Waals surface area contributed by atoms with Crippen LogP contribution in [0.15, 0.2) is 40.8 Å². The third kappa shape index (κ3) is 3.94. The Morgan fingerprint density at radius 1 is 1.21 bits per heavy atom. The van der Waals surface area contributed by atoms with E-state index < -0.39 is 9.84 Å². The summed E-state index contributed by atoms with van der Waals surface area (Å²) < 4.78 is 35.1. The highest BCUT2D eigenvalue weighted by atomic mass is 32.2. The third-order valence-corrected chi connectivity index (χ3v) is 7.48. The summed E-state index contributed by atoms with van der Waals surface area (Å²) in [7, 11) is -1.54. The summed E-state index contributed by atoms with van der Waals surface area (Å²) in [6.07, 6.45) is 1.58. The summed E-state index contributed by atoms with van der Waals surface area (Å²) in [6, 6.07) is 10.4. The lowest BCUT2D eigenvalue weighted by atomic mass is 10.1. The number of benzene rings is 1. The molecule has 1 aromatic heterocycles. The van der Waals surface area contributed by atoms with Gasteiger partial charge in [-0.3, -0.25) is 4.79 Å². The minimum atomic E-state index is -3.11. The van der Waals surface area contributed by atoms with Gasteiger partial charge in [-0.25, -0.2) is 8.42 Å². The Hall–Kier alpha value is -2.28. The van der Waals surface area contributed by atoms with E-state index >= 15 is 0 Å². The molecule has 0 N–H and O–H groups in total. The van der Waals surface area contributed by atoms with Crippen molar-refractivity contribution in [3.63, 3.8) is 0 Å². The van der Waals surface area contributed by atoms with Gasteiger partial charge in [-0.2, -0.15) is 0 Å². The highest BCUT2D eigenvalue weighted by Crippen LogP contribution is 2.47. The maximum Gasteiger partial charge on any atom is 0.254 e. The lowest BCUT2D eigenvalue weighted by molar-refractivity contribution is 0.0665. The Morgan fingerprint density at radius 3 is 2.50 bits per heavy atom. The highest BCUT2D eigenvalue weighted by Gasteiger charge is 2.38. The standard InChI is InChI=1S/C21H25NO5S/c1-14-11-19(14)20-8-7-18(27-20)12-22(16-9-10-28(24,25)13-16)21(23)15-3-5-17(26-2)6-4-15/h3-8,14,16,19H,9-13H2,1-2H3. The molecule has 1 saturated heterocycles. The maximum atomic E-state index is 13.2. The average molecular weight is 404 g/mol. The van der Waals surface area contributed by atoms with Crippen LogP contribution in [0, 0.1) is 5.92 Å². The summed E-state index contributed by atoms with van der Waals surface area (Å²) >= 11 is 0. The number of carbonyl (C=O) groups is 1. The van der Waals surface area contributed by atoms with Crippen molar-refractivity contribution in [3.05, 3.63) is 53.5 Å². The predicted octanol–water partition coefficient (Wildman–Crippen LogP) is 3.24. The molecule has 0 radical (unpaired) electrons. The minimum absolute atomic E-state index is 0.00210. The zero-order chi connectivity index (χ0) is 19.9. The number of furan rings is 1. The number of carbonyl (C=O) groups excluding carboxylic acids is 1. The number of methoxy groups -OCH3 is 1. The molecule has 2 aromatic rings. The monoisotopic (exact) mass is 403 g/mol. The Kier molecular flexibility index (Phi) is 4.95. The van der Waals surface area contributed by atoms with Gasteiger partial charge in [0.15, 0.2) is 9.84 Å². The van der Waals surface area contributed by atoms with Gasteiger partial charge in [0.1, 0.15) is 17.3 Å². The summed E-state index contributed by atoms with van der Waals surface area (Å²) in [5.74, 6) is 3.35. The van der Waals surface area contributed by atoms with Crippen LogP contribution >= 0.6 is 0 Å². The quantitative estimate of drug-likeness (QED) is 0.740. The van der Waals surface area contributed by atoms with E-state index in [0.29, 0.717) is 35.3 Å². The van der Waals surface area contributed by atoms with Crippen LogP contribution in [0.2, 0.25) is 0 Å². The molecule has 4 rings (SSSR count). The molecule has 1 aromatic carbocycles. The van der Waals surface area contributed by atoms with E-state index in [1.54, 1.807) is 36.3 Å². The van der Waals surface area contributed by atoms with E-state index in [1.807, 2.05) is 12.1 Å². The van der Waals surface area contributed by atoms with E-state index in [0.717, 1.165) is 12.2 Å². The number of hydrogen-bond donors (Lipinski definition) is 0. The van der Waals surface area contributed by atoms with Crippen LogP contribution < -0.4 is 4.74 Å². The topological polar surface area (TPSA) is 76.8 Å². The molecule has 150 valence electrons. The van der Waals surface area contributed by atoms with Crippen molar-refractivity contribution in [2.24, 2.45) is 5.92 Å². The fraction of sp³-hybridized carbons (Fsp3) is 0.476. The van der Waals surface area contributed by atoms with Crippen LogP contribution in [-0.2, 0) is 16.4 Å². The van der Waals surface area contributed by atoms with Crippen molar-refractivity contribution < 1.29 is 22.4 Å². The van der Waals surface area contributed by atoms with Crippen LogP contribution in [-0.4, -0.2) is 43.9 Å². The highest BCUT2D eigenvalue weighted by molar-refractivity contribution is 7.91. The number of rotatable bonds is 6. The summed E-state index contributed by atoms with van der Waals surface area (Å²) in [4.78, 5) is 14.8. The first-order chi connectivity index (χ1) is 13.4. The minimum Gasteiger partial charge on any atom is -0.497 e. The normalized spacial score (nSPS) is 25.4. The Bertz CT molecular complexity index is 963. The Morgan fingerprint density at radius 2 is 1.93 bits per heavy atom. The molecule has 2 heterocycles. The first-order valence-electron chi connectivity index (χ1n) is 9.60. The van der Waals surface area contributed by atoms with Crippen molar-refractivity contribution in [1.82, 2.24) is 4.90 Å². The lowest BCUT2D eigenvalue weighted by Crippen LogP contribution is -2.40. The van der Waals surface area contributed by atoms with Gasteiger partial charge in [0.05, 0.1) is 25.2 Å². The molecule has 7 heteroatoms. The number of ether oxygens (including phenoxy) is 1. The second kappa shape index (κ2) is 7.28. The molecular weight excluding hydrogens is 378 g/mol. The van der Waals surface area contributed by atoms with Crippen molar-refractivity contribution in [2.75, 3.05) is 18.6 Å². The van der Waals surface area contributed by atoms with E-state index in [4.69, 9.17) is 9.15 Å². The Labute approximate surface area is 165 Å². The summed E-state index contributed by atoms with van der Waals surface area (Å²) in [5, 5.41) is 0. The molecule has 2 aliphatic rings. The van der Waals surface area contributed by atoms with Crippen LogP contribution in [0.5, 0.6) is 5.75 Å². The molecule has 6 nitrogen and oxygen atoms in total. The van der Waals surface area contributed by atoms with Crippen molar-refractivity contribution in [2.45, 2.75) is 38.3 Å². The predicted molar refractivity (Wildman–Crippen MR) is 105 cm³/mol.